The van der Waals surface area contributed by atoms with Crippen LogP contribution < -0.4 is 16.0 Å². The van der Waals surface area contributed by atoms with Gasteiger partial charge in [-0.1, -0.05) is 19.1 Å². The second-order valence-electron chi connectivity index (χ2n) is 8.55. The van der Waals surface area contributed by atoms with Crippen LogP contribution in [0, 0.1) is 0 Å². The summed E-state index contributed by atoms with van der Waals surface area (Å²) >= 11 is 0. The zero-order valence-electron chi connectivity index (χ0n) is 19.9. The fraction of sp³-hybridized carbons (Fsp3) is 0.375. The Morgan fingerprint density at radius 3 is 2.63 bits per heavy atom. The molecule has 1 aromatic carbocycles. The van der Waals surface area contributed by atoms with Crippen molar-refractivity contribution < 1.29 is 9.53 Å². The van der Waals surface area contributed by atoms with Crippen molar-refractivity contribution in [3.05, 3.63) is 48.4 Å². The Morgan fingerprint density at radius 1 is 1.11 bits per heavy atom. The Hall–Kier alpha value is -3.99. The molecule has 4 heterocycles. The highest BCUT2D eigenvalue weighted by molar-refractivity contribution is 5.90. The number of rotatable bonds is 8. The van der Waals surface area contributed by atoms with Crippen molar-refractivity contribution in [3.8, 4) is 11.1 Å². The molecule has 1 aliphatic rings. The van der Waals surface area contributed by atoms with Crippen molar-refractivity contribution in [1.29, 1.82) is 0 Å². The molecule has 0 aliphatic carbocycles. The zero-order valence-corrected chi connectivity index (χ0v) is 19.9. The molecule has 0 unspecified atom stereocenters. The number of aryl methyl sites for hydroxylation is 1. The molecule has 0 atom stereocenters. The van der Waals surface area contributed by atoms with Crippen molar-refractivity contribution in [2.45, 2.75) is 38.8 Å². The van der Waals surface area contributed by atoms with E-state index in [4.69, 9.17) is 14.7 Å². The molecule has 4 aromatic rings. The fourth-order valence-electron chi connectivity index (χ4n) is 3.98. The predicted molar refractivity (Wildman–Crippen MR) is 133 cm³/mol. The van der Waals surface area contributed by atoms with Gasteiger partial charge in [-0.05, 0) is 30.5 Å². The number of carbonyl (C=O) groups excluding carboxylic acids is 1. The second kappa shape index (κ2) is 10.1. The van der Waals surface area contributed by atoms with Gasteiger partial charge in [-0.25, -0.2) is 0 Å². The summed E-state index contributed by atoms with van der Waals surface area (Å²) in [6, 6.07) is 8.00. The quantitative estimate of drug-likeness (QED) is 0.355. The number of ether oxygens (including phenoxy) is 1. The van der Waals surface area contributed by atoms with Crippen LogP contribution in [0.1, 0.15) is 31.7 Å². The minimum absolute atomic E-state index is 0.00749. The maximum Gasteiger partial charge on any atom is 0.229 e. The number of benzene rings is 1. The number of amides is 1. The number of hydrogen-bond acceptors (Lipinski definition) is 8. The SMILES string of the molecule is CCC(=O)Nc1ccc(CNc2nc(NC3CCOCC3)nc3c(-c4cnn(C)c4)cnn23)cc1. The van der Waals surface area contributed by atoms with Gasteiger partial charge >= 0.3 is 0 Å². The highest BCUT2D eigenvalue weighted by Crippen LogP contribution is 2.26. The van der Waals surface area contributed by atoms with Crippen LogP contribution in [-0.2, 0) is 23.1 Å². The van der Waals surface area contributed by atoms with Crippen LogP contribution in [-0.4, -0.2) is 54.5 Å². The minimum Gasteiger partial charge on any atom is -0.381 e. The monoisotopic (exact) mass is 475 g/mol. The van der Waals surface area contributed by atoms with Crippen LogP contribution in [0.2, 0.25) is 0 Å². The Kier molecular flexibility index (Phi) is 6.57. The van der Waals surface area contributed by atoms with Crippen molar-refractivity contribution in [3.63, 3.8) is 0 Å². The number of aromatic nitrogens is 6. The molecular weight excluding hydrogens is 446 g/mol. The maximum atomic E-state index is 11.6. The Bertz CT molecular complexity index is 1310. The molecule has 1 fully saturated rings. The molecule has 1 saturated heterocycles. The van der Waals surface area contributed by atoms with Gasteiger partial charge in [0, 0.05) is 62.3 Å². The first-order valence-corrected chi connectivity index (χ1v) is 11.8. The first kappa shape index (κ1) is 22.8. The van der Waals surface area contributed by atoms with Crippen molar-refractivity contribution in [2.24, 2.45) is 7.05 Å². The highest BCUT2D eigenvalue weighted by Gasteiger charge is 2.19. The number of nitrogens with zero attached hydrogens (tertiary/aromatic N) is 6. The minimum atomic E-state index is -0.00749. The van der Waals surface area contributed by atoms with Gasteiger partial charge in [-0.15, -0.1) is 0 Å². The summed E-state index contributed by atoms with van der Waals surface area (Å²) in [6.45, 7) is 3.82. The number of fused-ring (bicyclic) bond motifs is 1. The summed E-state index contributed by atoms with van der Waals surface area (Å²) in [6.07, 6.45) is 7.80. The zero-order chi connectivity index (χ0) is 24.2. The highest BCUT2D eigenvalue weighted by atomic mass is 16.5. The third kappa shape index (κ3) is 5.24. The van der Waals surface area contributed by atoms with Crippen LogP contribution in [0.25, 0.3) is 16.8 Å². The second-order valence-corrected chi connectivity index (χ2v) is 8.55. The lowest BCUT2D eigenvalue weighted by Gasteiger charge is -2.23. The standard InChI is InChI=1S/C24H29N9O2/c1-3-21(34)28-18-6-4-16(5-7-18)12-25-24-31-23(29-19-8-10-35-11-9-19)30-22-20(14-27-33(22)24)17-13-26-32(2)15-17/h4-7,13-15,19H,3,8-12H2,1-2H3,(H,28,34)(H2,25,29,30,31). The summed E-state index contributed by atoms with van der Waals surface area (Å²) in [7, 11) is 1.88. The predicted octanol–water partition coefficient (Wildman–Crippen LogP) is 3.08. The number of hydrogen-bond donors (Lipinski definition) is 3. The third-order valence-corrected chi connectivity index (χ3v) is 5.95. The van der Waals surface area contributed by atoms with Crippen LogP contribution in [0.15, 0.2) is 42.9 Å². The van der Waals surface area contributed by atoms with E-state index >= 15 is 0 Å². The molecule has 3 N–H and O–H groups in total. The van der Waals surface area contributed by atoms with Gasteiger partial charge in [0.25, 0.3) is 0 Å². The molecule has 11 nitrogen and oxygen atoms in total. The molecule has 0 spiro atoms. The molecule has 11 heteroatoms. The average molecular weight is 476 g/mol. The van der Waals surface area contributed by atoms with Crippen LogP contribution >= 0.6 is 0 Å². The lowest BCUT2D eigenvalue weighted by Crippen LogP contribution is -2.29. The van der Waals surface area contributed by atoms with Crippen LogP contribution in [0.3, 0.4) is 0 Å². The molecule has 1 amide bonds. The van der Waals surface area contributed by atoms with E-state index in [1.54, 1.807) is 21.6 Å². The van der Waals surface area contributed by atoms with E-state index in [0.29, 0.717) is 30.5 Å². The topological polar surface area (TPSA) is 123 Å². The van der Waals surface area contributed by atoms with E-state index in [-0.39, 0.29) is 11.9 Å². The average Bonchev–Trinajstić information content (AvgIpc) is 3.50. The Balaban J connectivity index is 1.41. The number of nitrogens with one attached hydrogen (secondary N) is 3. The van der Waals surface area contributed by atoms with Gasteiger partial charge in [0.2, 0.25) is 17.8 Å². The maximum absolute atomic E-state index is 11.6. The lowest BCUT2D eigenvalue weighted by atomic mass is 10.1. The van der Waals surface area contributed by atoms with E-state index in [0.717, 1.165) is 48.4 Å². The van der Waals surface area contributed by atoms with Gasteiger partial charge in [-0.3, -0.25) is 9.48 Å². The van der Waals surface area contributed by atoms with Crippen LogP contribution in [0.4, 0.5) is 17.6 Å². The third-order valence-electron chi connectivity index (χ3n) is 5.95. The smallest absolute Gasteiger partial charge is 0.229 e. The molecule has 5 rings (SSSR count). The largest absolute Gasteiger partial charge is 0.381 e. The number of anilines is 3. The van der Waals surface area contributed by atoms with Crippen molar-refractivity contribution in [1.82, 2.24) is 29.4 Å². The molecule has 0 radical (unpaired) electrons. The first-order chi connectivity index (χ1) is 17.1. The Morgan fingerprint density at radius 2 is 1.91 bits per heavy atom. The van der Waals surface area contributed by atoms with E-state index in [1.165, 1.54) is 0 Å². The molecule has 0 bridgehead atoms. The van der Waals surface area contributed by atoms with E-state index in [9.17, 15) is 4.79 Å². The van der Waals surface area contributed by atoms with E-state index < -0.39 is 0 Å². The molecule has 35 heavy (non-hydrogen) atoms. The first-order valence-electron chi connectivity index (χ1n) is 11.8. The van der Waals surface area contributed by atoms with Crippen molar-refractivity contribution in [2.75, 3.05) is 29.2 Å². The van der Waals surface area contributed by atoms with E-state index in [1.807, 2.05) is 44.4 Å². The Labute approximate surface area is 202 Å². The van der Waals surface area contributed by atoms with Gasteiger partial charge in [0.15, 0.2) is 5.65 Å². The van der Waals surface area contributed by atoms with Gasteiger partial charge in [-0.2, -0.15) is 24.7 Å². The lowest BCUT2D eigenvalue weighted by molar-refractivity contribution is -0.115. The van der Waals surface area contributed by atoms with Gasteiger partial charge < -0.3 is 20.7 Å². The molecule has 1 aliphatic heterocycles. The summed E-state index contributed by atoms with van der Waals surface area (Å²) in [5.41, 5.74) is 4.34. The summed E-state index contributed by atoms with van der Waals surface area (Å²) < 4.78 is 8.95. The molecule has 3 aromatic heterocycles. The normalized spacial score (nSPS) is 14.2. The molecule has 182 valence electrons. The van der Waals surface area contributed by atoms with Gasteiger partial charge in [0.05, 0.1) is 12.4 Å². The van der Waals surface area contributed by atoms with Crippen molar-refractivity contribution >= 4 is 29.1 Å². The number of carbonyl (C=O) groups is 1. The summed E-state index contributed by atoms with van der Waals surface area (Å²) in [5.74, 6) is 1.13. The van der Waals surface area contributed by atoms with Gasteiger partial charge in [0.1, 0.15) is 0 Å². The summed E-state index contributed by atoms with van der Waals surface area (Å²) in [4.78, 5) is 21.2. The molecular formula is C24H29N9O2. The fourth-order valence-corrected chi connectivity index (χ4v) is 3.98. The molecule has 0 saturated carbocycles. The van der Waals surface area contributed by atoms with Crippen LogP contribution in [0.5, 0.6) is 0 Å². The van der Waals surface area contributed by atoms with E-state index in [2.05, 4.69) is 26.1 Å². The summed E-state index contributed by atoms with van der Waals surface area (Å²) in [5, 5.41) is 18.6.